The molecule has 0 atom stereocenters. The minimum atomic E-state index is 0.00597. The van der Waals surface area contributed by atoms with Gasteiger partial charge in [-0.05, 0) is 19.8 Å². The van der Waals surface area contributed by atoms with Crippen molar-refractivity contribution in [2.45, 2.75) is 38.2 Å². The third kappa shape index (κ3) is 3.87. The van der Waals surface area contributed by atoms with Gasteiger partial charge >= 0.3 is 0 Å². The molecule has 0 bridgehead atoms. The number of rotatable bonds is 4. The lowest BCUT2D eigenvalue weighted by atomic mass is 10.0. The molecular weight excluding hydrogens is 214 g/mol. The molecule has 0 radical (unpaired) electrons. The number of nitrogens with zero attached hydrogens (tertiary/aromatic N) is 3. The summed E-state index contributed by atoms with van der Waals surface area (Å²) < 4.78 is 5.96. The van der Waals surface area contributed by atoms with Crippen molar-refractivity contribution in [1.29, 1.82) is 0 Å². The molecule has 0 unspecified atom stereocenters. The minimum Gasteiger partial charge on any atom is -0.373 e. The lowest BCUT2D eigenvalue weighted by molar-refractivity contribution is -0.0264. The lowest BCUT2D eigenvalue weighted by Gasteiger charge is -2.29. The molecule has 4 heteroatoms. The lowest BCUT2D eigenvalue weighted by Crippen LogP contribution is -2.39. The molecule has 1 saturated carbocycles. The Labute approximate surface area is 106 Å². The molecule has 100 valence electrons. The first-order valence-corrected chi connectivity index (χ1v) is 6.54. The van der Waals surface area contributed by atoms with Crippen molar-refractivity contribution < 1.29 is 4.74 Å². The van der Waals surface area contributed by atoms with Gasteiger partial charge in [-0.1, -0.05) is 12.8 Å². The fraction of sp³-hybridized carbons (Fsp3) is 0.923. The van der Waals surface area contributed by atoms with Crippen LogP contribution in [0.15, 0.2) is 4.99 Å². The van der Waals surface area contributed by atoms with E-state index in [2.05, 4.69) is 16.7 Å². The molecule has 0 spiro atoms. The molecule has 0 aromatic heterocycles. The molecule has 0 heterocycles. The Morgan fingerprint density at radius 3 is 2.06 bits per heavy atom. The van der Waals surface area contributed by atoms with E-state index in [0.29, 0.717) is 0 Å². The summed E-state index contributed by atoms with van der Waals surface area (Å²) in [6.45, 7) is 3.64. The molecule has 0 aliphatic heterocycles. The zero-order valence-corrected chi connectivity index (χ0v) is 12.0. The normalized spacial score (nSPS) is 17.9. The fourth-order valence-corrected chi connectivity index (χ4v) is 2.57. The summed E-state index contributed by atoms with van der Waals surface area (Å²) in [6, 6.07) is 0. The standard InChI is InChI=1S/C13H27N3O/c1-6-17-13(9-7-8-10-13)11-14-12(15(2)3)16(4)5/h6-11H2,1-5H3. The minimum absolute atomic E-state index is 0.00597. The van der Waals surface area contributed by atoms with Gasteiger partial charge in [0.15, 0.2) is 5.96 Å². The molecule has 0 aromatic carbocycles. The van der Waals surface area contributed by atoms with E-state index in [-0.39, 0.29) is 5.60 Å². The summed E-state index contributed by atoms with van der Waals surface area (Å²) in [5, 5.41) is 0. The third-order valence-corrected chi connectivity index (χ3v) is 3.27. The van der Waals surface area contributed by atoms with E-state index in [1.165, 1.54) is 12.8 Å². The second kappa shape index (κ2) is 6.24. The highest BCUT2D eigenvalue weighted by Crippen LogP contribution is 2.33. The first-order valence-electron chi connectivity index (χ1n) is 6.54. The zero-order chi connectivity index (χ0) is 12.9. The highest BCUT2D eigenvalue weighted by molar-refractivity contribution is 5.79. The summed E-state index contributed by atoms with van der Waals surface area (Å²) in [5.41, 5.74) is 0.00597. The van der Waals surface area contributed by atoms with Crippen LogP contribution < -0.4 is 0 Å². The van der Waals surface area contributed by atoms with Crippen molar-refractivity contribution in [2.24, 2.45) is 4.99 Å². The third-order valence-electron chi connectivity index (χ3n) is 3.27. The van der Waals surface area contributed by atoms with Crippen LogP contribution >= 0.6 is 0 Å². The monoisotopic (exact) mass is 241 g/mol. The van der Waals surface area contributed by atoms with Crippen LogP contribution in [0.2, 0.25) is 0 Å². The Bertz CT molecular complexity index is 245. The van der Waals surface area contributed by atoms with E-state index < -0.39 is 0 Å². The van der Waals surface area contributed by atoms with Gasteiger partial charge in [0.25, 0.3) is 0 Å². The van der Waals surface area contributed by atoms with Crippen molar-refractivity contribution in [3.8, 4) is 0 Å². The van der Waals surface area contributed by atoms with Gasteiger partial charge in [-0.2, -0.15) is 0 Å². The van der Waals surface area contributed by atoms with Crippen LogP contribution in [0.4, 0.5) is 0 Å². The molecule has 1 aliphatic rings. The van der Waals surface area contributed by atoms with Crippen molar-refractivity contribution in [3.63, 3.8) is 0 Å². The van der Waals surface area contributed by atoms with Gasteiger partial charge in [0.2, 0.25) is 0 Å². The molecule has 0 aromatic rings. The fourth-order valence-electron chi connectivity index (χ4n) is 2.57. The molecule has 1 rings (SSSR count). The van der Waals surface area contributed by atoms with E-state index in [4.69, 9.17) is 9.73 Å². The van der Waals surface area contributed by atoms with E-state index in [1.807, 2.05) is 28.2 Å². The van der Waals surface area contributed by atoms with Crippen LogP contribution in [0.1, 0.15) is 32.6 Å². The molecule has 0 saturated heterocycles. The number of ether oxygens (including phenoxy) is 1. The van der Waals surface area contributed by atoms with Gasteiger partial charge in [-0.15, -0.1) is 0 Å². The smallest absolute Gasteiger partial charge is 0.195 e. The van der Waals surface area contributed by atoms with E-state index in [0.717, 1.165) is 32.0 Å². The number of hydrogen-bond donors (Lipinski definition) is 0. The van der Waals surface area contributed by atoms with Gasteiger partial charge in [0.1, 0.15) is 0 Å². The van der Waals surface area contributed by atoms with Gasteiger partial charge in [0, 0.05) is 34.8 Å². The second-order valence-corrected chi connectivity index (χ2v) is 5.23. The Hall–Kier alpha value is -0.770. The average Bonchev–Trinajstić information content (AvgIpc) is 2.66. The van der Waals surface area contributed by atoms with Crippen molar-refractivity contribution >= 4 is 5.96 Å². The van der Waals surface area contributed by atoms with Crippen LogP contribution in [0.25, 0.3) is 0 Å². The molecule has 1 fully saturated rings. The quantitative estimate of drug-likeness (QED) is 0.555. The van der Waals surface area contributed by atoms with Gasteiger partial charge in [0.05, 0.1) is 12.1 Å². The number of hydrogen-bond acceptors (Lipinski definition) is 2. The van der Waals surface area contributed by atoms with Crippen molar-refractivity contribution in [3.05, 3.63) is 0 Å². The summed E-state index contributed by atoms with van der Waals surface area (Å²) >= 11 is 0. The Balaban J connectivity index is 2.69. The summed E-state index contributed by atoms with van der Waals surface area (Å²) in [4.78, 5) is 8.84. The second-order valence-electron chi connectivity index (χ2n) is 5.23. The Morgan fingerprint density at radius 1 is 1.12 bits per heavy atom. The zero-order valence-electron chi connectivity index (χ0n) is 12.0. The molecular formula is C13H27N3O. The highest BCUT2D eigenvalue weighted by atomic mass is 16.5. The molecule has 17 heavy (non-hydrogen) atoms. The van der Waals surface area contributed by atoms with Crippen LogP contribution in [0.3, 0.4) is 0 Å². The van der Waals surface area contributed by atoms with Gasteiger partial charge in [-0.3, -0.25) is 0 Å². The summed E-state index contributed by atoms with van der Waals surface area (Å²) in [6.07, 6.45) is 4.85. The molecule has 0 amide bonds. The first kappa shape index (κ1) is 14.3. The maximum atomic E-state index is 5.96. The van der Waals surface area contributed by atoms with E-state index in [1.54, 1.807) is 0 Å². The molecule has 4 nitrogen and oxygen atoms in total. The maximum Gasteiger partial charge on any atom is 0.195 e. The molecule has 0 N–H and O–H groups in total. The van der Waals surface area contributed by atoms with E-state index in [9.17, 15) is 0 Å². The van der Waals surface area contributed by atoms with Crippen LogP contribution in [0, 0.1) is 0 Å². The number of aliphatic imine (C=N–C) groups is 1. The Morgan fingerprint density at radius 2 is 1.65 bits per heavy atom. The van der Waals surface area contributed by atoms with Gasteiger partial charge < -0.3 is 14.5 Å². The van der Waals surface area contributed by atoms with E-state index >= 15 is 0 Å². The highest BCUT2D eigenvalue weighted by Gasteiger charge is 2.34. The average molecular weight is 241 g/mol. The number of guanidine groups is 1. The SMILES string of the molecule is CCOC1(CN=C(N(C)C)N(C)C)CCCC1. The summed E-state index contributed by atoms with van der Waals surface area (Å²) in [7, 11) is 8.11. The first-order chi connectivity index (χ1) is 8.01. The summed E-state index contributed by atoms with van der Waals surface area (Å²) in [5.74, 6) is 1.01. The van der Waals surface area contributed by atoms with Crippen LogP contribution in [0.5, 0.6) is 0 Å². The van der Waals surface area contributed by atoms with Gasteiger partial charge in [-0.25, -0.2) is 4.99 Å². The predicted molar refractivity (Wildman–Crippen MR) is 72.5 cm³/mol. The van der Waals surface area contributed by atoms with Crippen LogP contribution in [-0.4, -0.2) is 62.7 Å². The molecule has 1 aliphatic carbocycles. The Kier molecular flexibility index (Phi) is 5.25. The predicted octanol–water partition coefficient (Wildman–Crippen LogP) is 1.81. The maximum absolute atomic E-state index is 5.96. The van der Waals surface area contributed by atoms with Crippen molar-refractivity contribution in [1.82, 2.24) is 9.80 Å². The topological polar surface area (TPSA) is 28.1 Å². The van der Waals surface area contributed by atoms with Crippen LogP contribution in [-0.2, 0) is 4.74 Å². The van der Waals surface area contributed by atoms with Crippen molar-refractivity contribution in [2.75, 3.05) is 41.3 Å². The largest absolute Gasteiger partial charge is 0.373 e.